The van der Waals surface area contributed by atoms with Gasteiger partial charge in [-0.1, -0.05) is 222 Å². The Hall–Kier alpha value is -8.20. The molecule has 2 heteroatoms. The maximum Gasteiger partial charge on any atom is 0.0543 e. The second kappa shape index (κ2) is 18.7. The second-order valence-electron chi connectivity index (χ2n) is 17.3. The molecule has 1 aliphatic rings. The molecule has 11 aromatic rings. The van der Waals surface area contributed by atoms with Crippen LogP contribution in [0.4, 0.5) is 17.1 Å². The zero-order valence-corrected chi connectivity index (χ0v) is 38.6. The molecule has 324 valence electrons. The van der Waals surface area contributed by atoms with E-state index in [0.717, 1.165) is 11.4 Å². The number of aromatic nitrogens is 1. The fourth-order valence-electron chi connectivity index (χ4n) is 10.00. The number of para-hydroxylation sites is 2. The summed E-state index contributed by atoms with van der Waals surface area (Å²) in [5, 5.41) is 2.51. The Kier molecular flexibility index (Phi) is 11.9. The third kappa shape index (κ3) is 8.02. The molecule has 1 aromatic heterocycles. The van der Waals surface area contributed by atoms with Crippen LogP contribution in [0.25, 0.3) is 72.0 Å². The summed E-state index contributed by atoms with van der Waals surface area (Å²) in [5.41, 5.74) is 19.3. The molecule has 0 radical (unpaired) electrons. The molecule has 0 saturated heterocycles. The van der Waals surface area contributed by atoms with Crippen molar-refractivity contribution in [3.63, 3.8) is 0 Å². The molecule has 0 fully saturated rings. The third-order valence-corrected chi connectivity index (χ3v) is 13.0. The summed E-state index contributed by atoms with van der Waals surface area (Å²) in [6.45, 7) is 8.80. The van der Waals surface area contributed by atoms with Crippen LogP contribution in [0.3, 0.4) is 0 Å². The molecule has 12 rings (SSSR count). The van der Waals surface area contributed by atoms with Crippen LogP contribution in [0, 0.1) is 0 Å². The first kappa shape index (κ1) is 42.7. The lowest BCUT2D eigenvalue weighted by molar-refractivity contribution is 0.662. The maximum absolute atomic E-state index is 2.46. The van der Waals surface area contributed by atoms with E-state index >= 15 is 0 Å². The molecule has 0 spiro atoms. The fraction of sp³-hybridized carbons (Fsp3) is 0.0769. The Bertz CT molecular complexity index is 3300. The highest BCUT2D eigenvalue weighted by atomic mass is 15.1. The van der Waals surface area contributed by atoms with Gasteiger partial charge in [-0.05, 0) is 111 Å². The lowest BCUT2D eigenvalue weighted by Gasteiger charge is -2.30. The monoisotopic (exact) mass is 862 g/mol. The highest BCUT2D eigenvalue weighted by Crippen LogP contribution is 2.57. The van der Waals surface area contributed by atoms with Gasteiger partial charge in [0.2, 0.25) is 0 Å². The molecule has 0 atom stereocenters. The van der Waals surface area contributed by atoms with Crippen molar-refractivity contribution in [2.75, 3.05) is 4.90 Å². The zero-order chi connectivity index (χ0) is 45.7. The lowest BCUT2D eigenvalue weighted by Crippen LogP contribution is -2.17. The van der Waals surface area contributed by atoms with E-state index in [9.17, 15) is 0 Å². The molecule has 1 aliphatic carbocycles. The number of benzene rings is 10. The minimum atomic E-state index is -0.246. The number of nitrogens with zero attached hydrogens (tertiary/aromatic N) is 2. The van der Waals surface area contributed by atoms with Gasteiger partial charge in [-0.2, -0.15) is 0 Å². The number of anilines is 3. The standard InChI is InChI=1S/C57H42N2.C6H6.C2H6/c1-57(2)51-24-14-12-23-49(51)55-54(37-35-47(56(55)57)43-30-36-53-50(38-43)48-22-13-15-25-52(48)59(53)44-20-10-5-11-21-44)58(45-31-26-41(27-32-45)39-16-6-3-7-17-39)46-33-28-42(29-34-46)40-18-8-4-9-19-40;1-2-4-6-5-3-1;1-2/h3-38H,1-2H3;1-6H;1-2H3. The highest BCUT2D eigenvalue weighted by Gasteiger charge is 2.40. The Balaban J connectivity index is 0.000000604. The summed E-state index contributed by atoms with van der Waals surface area (Å²) in [4.78, 5) is 2.46. The van der Waals surface area contributed by atoms with Gasteiger partial charge in [0.05, 0.1) is 16.7 Å². The second-order valence-corrected chi connectivity index (χ2v) is 17.3. The van der Waals surface area contributed by atoms with Gasteiger partial charge in [0.1, 0.15) is 0 Å². The average molecular weight is 863 g/mol. The van der Waals surface area contributed by atoms with Crippen LogP contribution in [0.1, 0.15) is 38.8 Å². The van der Waals surface area contributed by atoms with Crippen LogP contribution in [0.15, 0.2) is 255 Å². The predicted octanol–water partition coefficient (Wildman–Crippen LogP) is 18.3. The molecule has 0 aliphatic heterocycles. The Morgan fingerprint density at radius 2 is 0.806 bits per heavy atom. The van der Waals surface area contributed by atoms with E-state index in [-0.39, 0.29) is 5.41 Å². The van der Waals surface area contributed by atoms with Crippen molar-refractivity contribution in [1.82, 2.24) is 4.57 Å². The minimum Gasteiger partial charge on any atom is -0.310 e. The third-order valence-electron chi connectivity index (χ3n) is 13.0. The number of fused-ring (bicyclic) bond motifs is 6. The van der Waals surface area contributed by atoms with Crippen LogP contribution >= 0.6 is 0 Å². The predicted molar refractivity (Wildman–Crippen MR) is 287 cm³/mol. The van der Waals surface area contributed by atoms with E-state index in [1.54, 1.807) is 0 Å². The number of hydrogen-bond donors (Lipinski definition) is 0. The van der Waals surface area contributed by atoms with Crippen LogP contribution in [-0.2, 0) is 5.41 Å². The summed E-state index contributed by atoms with van der Waals surface area (Å²) in [6, 6.07) is 91.7. The van der Waals surface area contributed by atoms with Crippen LogP contribution < -0.4 is 4.90 Å². The van der Waals surface area contributed by atoms with Gasteiger partial charge in [0, 0.05) is 38.8 Å². The van der Waals surface area contributed by atoms with Crippen molar-refractivity contribution in [3.8, 4) is 50.2 Å². The molecule has 0 unspecified atom stereocenters. The normalized spacial score (nSPS) is 12.0. The quantitative estimate of drug-likeness (QED) is 0.155. The van der Waals surface area contributed by atoms with Crippen molar-refractivity contribution in [2.45, 2.75) is 33.1 Å². The van der Waals surface area contributed by atoms with E-state index in [1.165, 1.54) is 88.8 Å². The fourth-order valence-corrected chi connectivity index (χ4v) is 10.00. The molecular weight excluding hydrogens is 809 g/mol. The summed E-state index contributed by atoms with van der Waals surface area (Å²) >= 11 is 0. The molecule has 0 amide bonds. The van der Waals surface area contributed by atoms with Crippen LogP contribution in [0.5, 0.6) is 0 Å². The lowest BCUT2D eigenvalue weighted by atomic mass is 9.78. The summed E-state index contributed by atoms with van der Waals surface area (Å²) in [7, 11) is 0. The molecule has 1 heterocycles. The molecule has 0 bridgehead atoms. The van der Waals surface area contributed by atoms with E-state index in [0.29, 0.717) is 0 Å². The van der Waals surface area contributed by atoms with Crippen LogP contribution in [0.2, 0.25) is 0 Å². The van der Waals surface area contributed by atoms with Gasteiger partial charge in [0.25, 0.3) is 0 Å². The van der Waals surface area contributed by atoms with E-state index in [2.05, 4.69) is 242 Å². The number of hydrogen-bond acceptors (Lipinski definition) is 1. The summed E-state index contributed by atoms with van der Waals surface area (Å²) in [6.07, 6.45) is 0. The number of rotatable bonds is 7. The first-order chi connectivity index (χ1) is 33.0. The summed E-state index contributed by atoms with van der Waals surface area (Å²) in [5.74, 6) is 0. The van der Waals surface area contributed by atoms with Crippen LogP contribution in [-0.4, -0.2) is 4.57 Å². The van der Waals surface area contributed by atoms with Gasteiger partial charge < -0.3 is 9.47 Å². The molecule has 67 heavy (non-hydrogen) atoms. The van der Waals surface area contributed by atoms with Gasteiger partial charge in [-0.15, -0.1) is 0 Å². The van der Waals surface area contributed by atoms with Crippen molar-refractivity contribution in [2.24, 2.45) is 0 Å². The van der Waals surface area contributed by atoms with E-state index in [1.807, 2.05) is 50.2 Å². The van der Waals surface area contributed by atoms with Gasteiger partial charge in [0.15, 0.2) is 0 Å². The minimum absolute atomic E-state index is 0.246. The molecule has 10 aromatic carbocycles. The van der Waals surface area contributed by atoms with Gasteiger partial charge >= 0.3 is 0 Å². The molecule has 0 N–H and O–H groups in total. The smallest absolute Gasteiger partial charge is 0.0543 e. The Labute approximate surface area is 395 Å². The zero-order valence-electron chi connectivity index (χ0n) is 38.6. The molecule has 2 nitrogen and oxygen atoms in total. The molecular formula is C65H54N2. The van der Waals surface area contributed by atoms with E-state index < -0.39 is 0 Å². The van der Waals surface area contributed by atoms with Crippen molar-refractivity contribution < 1.29 is 0 Å². The average Bonchev–Trinajstić information content (AvgIpc) is 3.87. The van der Waals surface area contributed by atoms with Gasteiger partial charge in [-0.25, -0.2) is 0 Å². The maximum atomic E-state index is 2.46. The van der Waals surface area contributed by atoms with Crippen molar-refractivity contribution in [1.29, 1.82) is 0 Å². The first-order valence-electron chi connectivity index (χ1n) is 23.5. The van der Waals surface area contributed by atoms with Crippen molar-refractivity contribution in [3.05, 3.63) is 266 Å². The Morgan fingerprint density at radius 3 is 1.39 bits per heavy atom. The van der Waals surface area contributed by atoms with Gasteiger partial charge in [-0.3, -0.25) is 0 Å². The molecule has 0 saturated carbocycles. The largest absolute Gasteiger partial charge is 0.310 e. The topological polar surface area (TPSA) is 8.17 Å². The highest BCUT2D eigenvalue weighted by molar-refractivity contribution is 6.11. The Morgan fingerprint density at radius 1 is 0.358 bits per heavy atom. The first-order valence-corrected chi connectivity index (χ1v) is 23.5. The van der Waals surface area contributed by atoms with Crippen molar-refractivity contribution >= 4 is 38.9 Å². The summed E-state index contributed by atoms with van der Waals surface area (Å²) < 4.78 is 2.39. The van der Waals surface area contributed by atoms with E-state index in [4.69, 9.17) is 0 Å². The SMILES string of the molecule is CC.CC1(C)c2ccccc2-c2c(N(c3ccc(-c4ccccc4)cc3)c3ccc(-c4ccccc4)cc3)ccc(-c3ccc4c(c3)c3ccccc3n4-c3ccccc3)c21.c1ccccc1.